The van der Waals surface area contributed by atoms with E-state index >= 15 is 0 Å². The van der Waals surface area contributed by atoms with Gasteiger partial charge in [0, 0.05) is 45.0 Å². The number of carbonyl (C=O) groups is 7. The van der Waals surface area contributed by atoms with E-state index in [1.54, 1.807) is 0 Å². The number of aliphatic hydroxyl groups excluding tert-OH is 2. The van der Waals surface area contributed by atoms with Crippen molar-refractivity contribution in [2.45, 2.75) is 70.2 Å². The number of hydrogen-bond donors (Lipinski definition) is 5. The number of rotatable bonds is 15. The average Bonchev–Trinajstić information content (AvgIpc) is 3.29. The number of amides is 4. The van der Waals surface area contributed by atoms with Crippen molar-refractivity contribution in [1.29, 1.82) is 0 Å². The quantitative estimate of drug-likeness (QED) is 0.0698. The van der Waals surface area contributed by atoms with Crippen LogP contribution in [0.25, 0.3) is 0 Å². The van der Waals surface area contributed by atoms with Crippen molar-refractivity contribution in [2.75, 3.05) is 18.4 Å². The number of nitrogens with zero attached hydrogens (tertiary/aromatic N) is 1. The SMILES string of the molecule is CC(=O)OCc1ccc(O[C@@H]2O[C@H](C(=O)O)C(=O)[C@H](O)[C@H]2O)c(NC(=O)CCNC(=O)CCCCCN2C(=O)C=CC2=O)c1. The van der Waals surface area contributed by atoms with E-state index in [2.05, 4.69) is 10.6 Å². The second-order valence-corrected chi connectivity index (χ2v) is 9.91. The molecule has 1 fully saturated rings. The largest absolute Gasteiger partial charge is 0.479 e. The highest BCUT2D eigenvalue weighted by Crippen LogP contribution is 2.30. The van der Waals surface area contributed by atoms with Crippen LogP contribution in [0.15, 0.2) is 30.4 Å². The number of ether oxygens (including phenoxy) is 3. The Morgan fingerprint density at radius 1 is 0.977 bits per heavy atom. The van der Waals surface area contributed by atoms with Crippen molar-refractivity contribution in [2.24, 2.45) is 0 Å². The highest BCUT2D eigenvalue weighted by atomic mass is 16.7. The summed E-state index contributed by atoms with van der Waals surface area (Å²) in [6.45, 7) is 1.30. The molecule has 0 spiro atoms. The molecular weight excluding hydrogens is 586 g/mol. The molecule has 0 aromatic heterocycles. The van der Waals surface area contributed by atoms with Gasteiger partial charge in [0.25, 0.3) is 11.8 Å². The lowest BCUT2D eigenvalue weighted by molar-refractivity contribution is -0.228. The molecule has 238 valence electrons. The number of aliphatic carboxylic acids is 1. The fourth-order valence-corrected chi connectivity index (χ4v) is 4.21. The number of Topliss-reactive ketones (excluding diaryl/α,β-unsaturated/α-hetero) is 1. The highest BCUT2D eigenvalue weighted by molar-refractivity contribution is 6.12. The third-order valence-corrected chi connectivity index (χ3v) is 6.51. The van der Waals surface area contributed by atoms with Crippen LogP contribution in [0.2, 0.25) is 0 Å². The number of unbranched alkanes of at least 4 members (excludes halogenated alkanes) is 2. The van der Waals surface area contributed by atoms with E-state index < -0.39 is 48.2 Å². The minimum Gasteiger partial charge on any atom is -0.479 e. The van der Waals surface area contributed by atoms with Gasteiger partial charge in [0.1, 0.15) is 24.6 Å². The Hall–Kier alpha value is -4.67. The van der Waals surface area contributed by atoms with Crippen LogP contribution in [0, 0.1) is 0 Å². The van der Waals surface area contributed by atoms with E-state index in [0.717, 1.165) is 4.90 Å². The number of carboxylic acids is 1. The summed E-state index contributed by atoms with van der Waals surface area (Å²) in [6, 6.07) is 4.16. The Kier molecular flexibility index (Phi) is 12.1. The summed E-state index contributed by atoms with van der Waals surface area (Å²) in [6.07, 6.45) is -3.86. The number of ketones is 1. The van der Waals surface area contributed by atoms with Crippen LogP contribution in [0.4, 0.5) is 5.69 Å². The Labute approximate surface area is 250 Å². The number of carbonyl (C=O) groups excluding carboxylic acids is 6. The van der Waals surface area contributed by atoms with Gasteiger partial charge < -0.3 is 40.2 Å². The zero-order chi connectivity index (χ0) is 32.4. The smallest absolute Gasteiger partial charge is 0.340 e. The van der Waals surface area contributed by atoms with Crippen LogP contribution < -0.4 is 15.4 Å². The van der Waals surface area contributed by atoms with E-state index in [1.807, 2.05) is 0 Å². The second-order valence-electron chi connectivity index (χ2n) is 9.91. The molecule has 0 saturated carbocycles. The number of imide groups is 1. The lowest BCUT2D eigenvalue weighted by atomic mass is 10.0. The zero-order valence-electron chi connectivity index (χ0n) is 23.7. The molecule has 0 radical (unpaired) electrons. The minimum absolute atomic E-state index is 0.00482. The zero-order valence-corrected chi connectivity index (χ0v) is 23.7. The molecule has 2 aliphatic heterocycles. The Bertz CT molecular complexity index is 1310. The van der Waals surface area contributed by atoms with E-state index in [4.69, 9.17) is 14.2 Å². The van der Waals surface area contributed by atoms with E-state index in [-0.39, 0.29) is 61.7 Å². The van der Waals surface area contributed by atoms with Gasteiger partial charge in [0.05, 0.1) is 5.69 Å². The number of esters is 1. The molecule has 0 aliphatic carbocycles. The molecule has 3 rings (SSSR count). The number of nitrogens with one attached hydrogen (secondary N) is 2. The second kappa shape index (κ2) is 15.7. The molecule has 1 aromatic carbocycles. The summed E-state index contributed by atoms with van der Waals surface area (Å²) in [4.78, 5) is 83.5. The van der Waals surface area contributed by atoms with Crippen LogP contribution in [0.1, 0.15) is 44.6 Å². The topological polar surface area (TPSA) is 235 Å². The molecule has 2 heterocycles. The predicted octanol–water partition coefficient (Wildman–Crippen LogP) is -0.841. The van der Waals surface area contributed by atoms with Gasteiger partial charge in [-0.2, -0.15) is 0 Å². The maximum atomic E-state index is 12.7. The van der Waals surface area contributed by atoms with Gasteiger partial charge in [0.15, 0.2) is 0 Å². The average molecular weight is 620 g/mol. The van der Waals surface area contributed by atoms with Gasteiger partial charge in [-0.15, -0.1) is 0 Å². The monoisotopic (exact) mass is 619 g/mol. The van der Waals surface area contributed by atoms with Crippen molar-refractivity contribution < 1.29 is 63.1 Å². The molecule has 0 unspecified atom stereocenters. The highest BCUT2D eigenvalue weighted by Gasteiger charge is 2.48. The standard InChI is InChI=1S/C28H33N3O13/c1-15(32)42-14-16-6-7-18(43-28-25(39)23(37)24(38)26(44-28)27(40)41)17(13-16)30-20(34)10-11-29-19(33)5-3-2-4-12-31-21(35)8-9-22(31)36/h6-9,13,23,25-26,28,37,39H,2-5,10-12,14H2,1H3,(H,29,33)(H,30,34)(H,40,41)/t23-,25+,26-,28+/m0/s1. The number of benzene rings is 1. The molecular formula is C28H33N3O13. The van der Waals surface area contributed by atoms with Crippen molar-refractivity contribution >= 4 is 47.0 Å². The van der Waals surface area contributed by atoms with Gasteiger partial charge >= 0.3 is 11.9 Å². The first-order valence-corrected chi connectivity index (χ1v) is 13.7. The van der Waals surface area contributed by atoms with Gasteiger partial charge in [-0.3, -0.25) is 33.7 Å². The molecule has 1 saturated heterocycles. The van der Waals surface area contributed by atoms with Gasteiger partial charge in [-0.25, -0.2) is 4.79 Å². The third-order valence-electron chi connectivity index (χ3n) is 6.51. The first kappa shape index (κ1) is 33.8. The summed E-state index contributed by atoms with van der Waals surface area (Å²) in [5.41, 5.74) is 0.430. The molecule has 16 heteroatoms. The van der Waals surface area contributed by atoms with E-state index in [1.165, 1.54) is 37.3 Å². The fourth-order valence-electron chi connectivity index (χ4n) is 4.21. The van der Waals surface area contributed by atoms with Crippen molar-refractivity contribution in [3.8, 4) is 5.75 Å². The van der Waals surface area contributed by atoms with Gasteiger partial charge in [0.2, 0.25) is 30.0 Å². The van der Waals surface area contributed by atoms with Crippen molar-refractivity contribution in [3.05, 3.63) is 35.9 Å². The first-order valence-electron chi connectivity index (χ1n) is 13.7. The van der Waals surface area contributed by atoms with Crippen LogP contribution in [-0.2, 0) is 49.6 Å². The van der Waals surface area contributed by atoms with Crippen LogP contribution >= 0.6 is 0 Å². The Morgan fingerprint density at radius 2 is 1.68 bits per heavy atom. The summed E-state index contributed by atoms with van der Waals surface area (Å²) >= 11 is 0. The summed E-state index contributed by atoms with van der Waals surface area (Å²) in [5.74, 6) is -5.23. The first-order chi connectivity index (χ1) is 20.9. The van der Waals surface area contributed by atoms with Crippen LogP contribution in [0.5, 0.6) is 5.75 Å². The van der Waals surface area contributed by atoms with Crippen LogP contribution in [0.3, 0.4) is 0 Å². The third kappa shape index (κ3) is 9.42. The Balaban J connectivity index is 1.53. The number of anilines is 1. The molecule has 4 amide bonds. The van der Waals surface area contributed by atoms with Crippen LogP contribution in [-0.4, -0.2) is 99.3 Å². The number of aliphatic hydroxyl groups is 2. The molecule has 5 N–H and O–H groups in total. The number of hydrogen-bond acceptors (Lipinski definition) is 12. The lowest BCUT2D eigenvalue weighted by Gasteiger charge is -2.34. The molecule has 0 bridgehead atoms. The summed E-state index contributed by atoms with van der Waals surface area (Å²) < 4.78 is 15.6. The minimum atomic E-state index is -2.10. The lowest BCUT2D eigenvalue weighted by Crippen LogP contribution is -2.59. The normalized spacial score (nSPS) is 21.2. The summed E-state index contributed by atoms with van der Waals surface area (Å²) in [7, 11) is 0. The van der Waals surface area contributed by atoms with E-state index in [9.17, 15) is 48.9 Å². The predicted molar refractivity (Wildman–Crippen MR) is 146 cm³/mol. The number of carboxylic acid groups (broad SMARTS) is 1. The van der Waals surface area contributed by atoms with Crippen molar-refractivity contribution in [1.82, 2.24) is 10.2 Å². The molecule has 16 nitrogen and oxygen atoms in total. The molecule has 4 atom stereocenters. The Morgan fingerprint density at radius 3 is 2.34 bits per heavy atom. The maximum Gasteiger partial charge on any atom is 0.340 e. The fraction of sp³-hybridized carbons (Fsp3) is 0.464. The van der Waals surface area contributed by atoms with Gasteiger partial charge in [-0.05, 0) is 30.5 Å². The molecule has 44 heavy (non-hydrogen) atoms. The maximum absolute atomic E-state index is 12.7. The molecule has 2 aliphatic rings. The molecule has 1 aromatic rings. The summed E-state index contributed by atoms with van der Waals surface area (Å²) in [5, 5.41) is 34.6. The van der Waals surface area contributed by atoms with E-state index in [0.29, 0.717) is 24.8 Å². The van der Waals surface area contributed by atoms with Gasteiger partial charge in [-0.1, -0.05) is 12.5 Å². The van der Waals surface area contributed by atoms with Crippen molar-refractivity contribution in [3.63, 3.8) is 0 Å².